The Balaban J connectivity index is 1.72. The molecule has 0 radical (unpaired) electrons. The van der Waals surface area contributed by atoms with E-state index in [-0.39, 0.29) is 11.9 Å². The van der Waals surface area contributed by atoms with Crippen molar-refractivity contribution in [3.8, 4) is 0 Å². The first kappa shape index (κ1) is 17.2. The lowest BCUT2D eigenvalue weighted by Crippen LogP contribution is -2.29. The van der Waals surface area contributed by atoms with Crippen molar-refractivity contribution in [2.75, 3.05) is 0 Å². The van der Waals surface area contributed by atoms with Gasteiger partial charge in [0.2, 0.25) is 5.91 Å². The molecule has 0 aliphatic heterocycles. The number of aryl methyl sites for hydroxylation is 1. The highest BCUT2D eigenvalue weighted by Crippen LogP contribution is 2.22. The second kappa shape index (κ2) is 8.45. The van der Waals surface area contributed by atoms with Crippen LogP contribution in [0.1, 0.15) is 29.2 Å². The van der Waals surface area contributed by atoms with Crippen LogP contribution in [0.4, 0.5) is 0 Å². The Morgan fingerprint density at radius 2 is 1.56 bits per heavy atom. The van der Waals surface area contributed by atoms with Gasteiger partial charge in [-0.15, -0.1) is 0 Å². The van der Waals surface area contributed by atoms with Gasteiger partial charge in [-0.1, -0.05) is 60.1 Å². The van der Waals surface area contributed by atoms with Gasteiger partial charge in [0, 0.05) is 23.8 Å². The molecule has 3 nitrogen and oxygen atoms in total. The molecule has 0 spiro atoms. The van der Waals surface area contributed by atoms with E-state index in [1.54, 1.807) is 12.4 Å². The van der Waals surface area contributed by atoms with E-state index in [1.807, 2.05) is 66.7 Å². The first-order valence-corrected chi connectivity index (χ1v) is 8.59. The SMILES string of the molecule is O=C(CCc1ccccc1Cl)NC(c1ccccc1)c1ccncc1. The van der Waals surface area contributed by atoms with Crippen LogP contribution < -0.4 is 5.32 Å². The highest BCUT2D eigenvalue weighted by atomic mass is 35.5. The molecule has 0 bridgehead atoms. The molecule has 0 fully saturated rings. The highest BCUT2D eigenvalue weighted by Gasteiger charge is 2.16. The number of aromatic nitrogens is 1. The molecule has 2 aromatic carbocycles. The molecular weight excluding hydrogens is 332 g/mol. The summed E-state index contributed by atoms with van der Waals surface area (Å²) < 4.78 is 0. The van der Waals surface area contributed by atoms with E-state index < -0.39 is 0 Å². The standard InChI is InChI=1S/C21H19ClN2O/c22-19-9-5-4-6-16(19)10-11-20(25)24-21(17-7-2-1-3-8-17)18-12-14-23-15-13-18/h1-9,12-15,21H,10-11H2,(H,24,25). The molecule has 1 unspecified atom stereocenters. The summed E-state index contributed by atoms with van der Waals surface area (Å²) in [6, 6.07) is 21.2. The van der Waals surface area contributed by atoms with Crippen molar-refractivity contribution >= 4 is 17.5 Å². The number of rotatable bonds is 6. The lowest BCUT2D eigenvalue weighted by atomic mass is 9.99. The summed E-state index contributed by atoms with van der Waals surface area (Å²) in [6.07, 6.45) is 4.48. The topological polar surface area (TPSA) is 42.0 Å². The summed E-state index contributed by atoms with van der Waals surface area (Å²) >= 11 is 6.17. The molecule has 1 atom stereocenters. The van der Waals surface area contributed by atoms with Crippen LogP contribution in [0.3, 0.4) is 0 Å². The Morgan fingerprint density at radius 3 is 2.28 bits per heavy atom. The maximum absolute atomic E-state index is 12.5. The van der Waals surface area contributed by atoms with Crippen LogP contribution in [0.15, 0.2) is 79.1 Å². The third-order valence-electron chi connectivity index (χ3n) is 4.06. The lowest BCUT2D eigenvalue weighted by molar-refractivity contribution is -0.121. The summed E-state index contributed by atoms with van der Waals surface area (Å²) in [6.45, 7) is 0. The van der Waals surface area contributed by atoms with Crippen LogP contribution in [0, 0.1) is 0 Å². The predicted octanol–water partition coefficient (Wildman–Crippen LogP) is 4.57. The van der Waals surface area contributed by atoms with Gasteiger partial charge in [0.1, 0.15) is 0 Å². The second-order valence-electron chi connectivity index (χ2n) is 5.78. The number of nitrogens with zero attached hydrogens (tertiary/aromatic N) is 1. The fourth-order valence-corrected chi connectivity index (χ4v) is 2.97. The van der Waals surface area contributed by atoms with Crippen molar-refractivity contribution < 1.29 is 4.79 Å². The van der Waals surface area contributed by atoms with Gasteiger partial charge in [0.25, 0.3) is 0 Å². The zero-order chi connectivity index (χ0) is 17.5. The number of carbonyl (C=O) groups is 1. The van der Waals surface area contributed by atoms with Crippen LogP contribution in [0.25, 0.3) is 0 Å². The molecule has 0 aliphatic carbocycles. The van der Waals surface area contributed by atoms with Crippen molar-refractivity contribution in [2.45, 2.75) is 18.9 Å². The minimum atomic E-state index is -0.192. The van der Waals surface area contributed by atoms with E-state index >= 15 is 0 Å². The molecule has 126 valence electrons. The molecule has 3 rings (SSSR count). The van der Waals surface area contributed by atoms with Gasteiger partial charge in [-0.05, 0) is 41.3 Å². The Morgan fingerprint density at radius 1 is 0.920 bits per heavy atom. The molecular formula is C21H19ClN2O. The highest BCUT2D eigenvalue weighted by molar-refractivity contribution is 6.31. The molecule has 0 aliphatic rings. The van der Waals surface area contributed by atoms with Crippen LogP contribution in [-0.4, -0.2) is 10.9 Å². The average molecular weight is 351 g/mol. The Hall–Kier alpha value is -2.65. The molecule has 1 amide bonds. The van der Waals surface area contributed by atoms with E-state index in [0.717, 1.165) is 16.7 Å². The zero-order valence-corrected chi connectivity index (χ0v) is 14.5. The third-order valence-corrected chi connectivity index (χ3v) is 4.43. The molecule has 3 aromatic rings. The summed E-state index contributed by atoms with van der Waals surface area (Å²) in [5.41, 5.74) is 3.03. The van der Waals surface area contributed by atoms with E-state index in [4.69, 9.17) is 11.6 Å². The zero-order valence-electron chi connectivity index (χ0n) is 13.7. The fourth-order valence-electron chi connectivity index (χ4n) is 2.74. The van der Waals surface area contributed by atoms with E-state index in [9.17, 15) is 4.79 Å². The number of hydrogen-bond acceptors (Lipinski definition) is 2. The molecule has 25 heavy (non-hydrogen) atoms. The monoisotopic (exact) mass is 350 g/mol. The molecule has 0 saturated heterocycles. The minimum Gasteiger partial charge on any atom is -0.345 e. The number of pyridine rings is 1. The number of carbonyl (C=O) groups excluding carboxylic acids is 1. The largest absolute Gasteiger partial charge is 0.345 e. The van der Waals surface area contributed by atoms with Gasteiger partial charge in [-0.25, -0.2) is 0 Å². The van der Waals surface area contributed by atoms with Crippen molar-refractivity contribution in [3.05, 3.63) is 101 Å². The first-order chi connectivity index (χ1) is 12.2. The fraction of sp³-hybridized carbons (Fsp3) is 0.143. The molecule has 1 N–H and O–H groups in total. The molecule has 1 heterocycles. The van der Waals surface area contributed by atoms with Gasteiger partial charge in [-0.3, -0.25) is 9.78 Å². The molecule has 4 heteroatoms. The van der Waals surface area contributed by atoms with Crippen LogP contribution in [0.5, 0.6) is 0 Å². The quantitative estimate of drug-likeness (QED) is 0.707. The summed E-state index contributed by atoms with van der Waals surface area (Å²) in [5, 5.41) is 3.83. The first-order valence-electron chi connectivity index (χ1n) is 8.21. The van der Waals surface area contributed by atoms with Gasteiger partial charge < -0.3 is 5.32 Å². The number of benzene rings is 2. The van der Waals surface area contributed by atoms with E-state index in [1.165, 1.54) is 0 Å². The summed E-state index contributed by atoms with van der Waals surface area (Å²) in [7, 11) is 0. The predicted molar refractivity (Wildman–Crippen MR) is 100 cm³/mol. The van der Waals surface area contributed by atoms with Gasteiger partial charge in [-0.2, -0.15) is 0 Å². The van der Waals surface area contributed by atoms with Gasteiger partial charge >= 0.3 is 0 Å². The van der Waals surface area contributed by atoms with Crippen molar-refractivity contribution in [1.29, 1.82) is 0 Å². The van der Waals surface area contributed by atoms with E-state index in [2.05, 4.69) is 10.3 Å². The summed E-state index contributed by atoms with van der Waals surface area (Å²) in [5.74, 6) is -0.00872. The number of hydrogen-bond donors (Lipinski definition) is 1. The Bertz CT molecular complexity index is 782. The normalized spacial score (nSPS) is 11.7. The second-order valence-corrected chi connectivity index (χ2v) is 6.19. The average Bonchev–Trinajstić information content (AvgIpc) is 2.67. The summed E-state index contributed by atoms with van der Waals surface area (Å²) in [4.78, 5) is 16.6. The van der Waals surface area contributed by atoms with Crippen molar-refractivity contribution in [2.24, 2.45) is 0 Å². The van der Waals surface area contributed by atoms with Crippen LogP contribution in [-0.2, 0) is 11.2 Å². The Kier molecular flexibility index (Phi) is 5.81. The smallest absolute Gasteiger partial charge is 0.221 e. The number of nitrogens with one attached hydrogen (secondary N) is 1. The third kappa shape index (κ3) is 4.68. The van der Waals surface area contributed by atoms with E-state index in [0.29, 0.717) is 17.9 Å². The molecule has 0 saturated carbocycles. The van der Waals surface area contributed by atoms with Crippen LogP contribution in [0.2, 0.25) is 5.02 Å². The van der Waals surface area contributed by atoms with Crippen molar-refractivity contribution in [1.82, 2.24) is 10.3 Å². The maximum atomic E-state index is 12.5. The maximum Gasteiger partial charge on any atom is 0.221 e. The van der Waals surface area contributed by atoms with Gasteiger partial charge in [0.15, 0.2) is 0 Å². The number of amides is 1. The Labute approximate surface area is 152 Å². The van der Waals surface area contributed by atoms with Crippen LogP contribution >= 0.6 is 11.6 Å². The number of halogens is 1. The van der Waals surface area contributed by atoms with Gasteiger partial charge in [0.05, 0.1) is 6.04 Å². The lowest BCUT2D eigenvalue weighted by Gasteiger charge is -2.20. The molecule has 1 aromatic heterocycles. The minimum absolute atomic E-state index is 0.00872. The van der Waals surface area contributed by atoms with Crippen molar-refractivity contribution in [3.63, 3.8) is 0 Å².